The van der Waals surface area contributed by atoms with Crippen molar-refractivity contribution in [2.75, 3.05) is 9.80 Å². The average molecular weight is 762 g/mol. The molecule has 4 heteroatoms. The highest BCUT2D eigenvalue weighted by Gasteiger charge is 2.44. The lowest BCUT2D eigenvalue weighted by molar-refractivity contribution is 1.18. The molecule has 0 saturated carbocycles. The Morgan fingerprint density at radius 2 is 0.783 bits per heavy atom. The number of nitrogens with zero attached hydrogens (tertiary/aromatic N) is 3. The van der Waals surface area contributed by atoms with Crippen LogP contribution in [-0.4, -0.2) is 11.3 Å². The van der Waals surface area contributed by atoms with E-state index in [0.29, 0.717) is 0 Å². The fraction of sp³-hybridized carbons (Fsp3) is 0. The topological polar surface area (TPSA) is 11.4 Å². The molecular weight excluding hydrogens is 725 g/mol. The second kappa shape index (κ2) is 12.8. The SMILES string of the molecule is c1ccc(N2c3cc(-c4ccc5c(c4)c4ccccc4n5-c4ccccc4)cc4c3B(c3ccc5ccccc5c32)c2ccc3ccccc3c2N4c2ccccc2)cc1. The zero-order valence-corrected chi connectivity index (χ0v) is 32.7. The number of anilines is 6. The number of aromatic nitrogens is 1. The largest absolute Gasteiger partial charge is 0.311 e. The summed E-state index contributed by atoms with van der Waals surface area (Å²) in [5, 5.41) is 7.45. The molecule has 3 nitrogen and oxygen atoms in total. The zero-order chi connectivity index (χ0) is 39.3. The van der Waals surface area contributed by atoms with Crippen molar-refractivity contribution < 1.29 is 0 Å². The summed E-state index contributed by atoms with van der Waals surface area (Å²) in [7, 11) is 0. The molecule has 0 N–H and O–H groups in total. The van der Waals surface area contributed by atoms with Crippen LogP contribution in [0.4, 0.5) is 34.1 Å². The molecule has 0 bridgehead atoms. The molecule has 10 aromatic carbocycles. The van der Waals surface area contributed by atoms with Gasteiger partial charge in [0.25, 0.3) is 6.71 Å². The number of para-hydroxylation sites is 4. The fourth-order valence-electron chi connectivity index (χ4n) is 10.4. The van der Waals surface area contributed by atoms with Gasteiger partial charge in [0.2, 0.25) is 0 Å². The maximum atomic E-state index is 2.55. The van der Waals surface area contributed by atoms with Crippen molar-refractivity contribution in [3.63, 3.8) is 0 Å². The molecule has 3 heterocycles. The summed E-state index contributed by atoms with van der Waals surface area (Å²) < 4.78 is 2.40. The first kappa shape index (κ1) is 33.2. The molecule has 0 amide bonds. The minimum absolute atomic E-state index is 0.00881. The summed E-state index contributed by atoms with van der Waals surface area (Å²) in [6, 6.07) is 80.7. The molecule has 11 aromatic rings. The van der Waals surface area contributed by atoms with Crippen LogP contribution in [-0.2, 0) is 0 Å². The number of hydrogen-bond acceptors (Lipinski definition) is 2. The highest BCUT2D eigenvalue weighted by molar-refractivity contribution is 7.00. The third-order valence-corrected chi connectivity index (χ3v) is 12.9. The molecule has 1 aromatic heterocycles. The second-order valence-electron chi connectivity index (χ2n) is 16.1. The van der Waals surface area contributed by atoms with E-state index >= 15 is 0 Å². The van der Waals surface area contributed by atoms with Crippen LogP contribution in [0.2, 0.25) is 0 Å². The summed E-state index contributed by atoms with van der Waals surface area (Å²) >= 11 is 0. The van der Waals surface area contributed by atoms with Crippen molar-refractivity contribution in [3.8, 4) is 16.8 Å². The number of benzene rings is 10. The Labute approximate surface area is 348 Å². The van der Waals surface area contributed by atoms with Crippen molar-refractivity contribution >= 4 is 101 Å². The van der Waals surface area contributed by atoms with Crippen LogP contribution in [0.1, 0.15) is 0 Å². The van der Waals surface area contributed by atoms with E-state index in [0.717, 1.165) is 17.1 Å². The highest BCUT2D eigenvalue weighted by Crippen LogP contribution is 2.49. The highest BCUT2D eigenvalue weighted by atomic mass is 15.2. The Kier molecular flexibility index (Phi) is 7.10. The molecule has 0 atom stereocenters. The van der Waals surface area contributed by atoms with Crippen molar-refractivity contribution in [1.29, 1.82) is 0 Å². The molecule has 0 aliphatic carbocycles. The molecule has 0 spiro atoms. The van der Waals surface area contributed by atoms with E-state index in [4.69, 9.17) is 0 Å². The number of fused-ring (bicyclic) bond motifs is 11. The maximum Gasteiger partial charge on any atom is 0.252 e. The molecule has 0 radical (unpaired) electrons. The molecule has 0 unspecified atom stereocenters. The molecular formula is C56H36BN3. The first-order valence-corrected chi connectivity index (χ1v) is 20.8. The van der Waals surface area contributed by atoms with E-state index in [9.17, 15) is 0 Å². The number of hydrogen-bond donors (Lipinski definition) is 0. The van der Waals surface area contributed by atoms with Crippen LogP contribution in [0.25, 0.3) is 60.2 Å². The lowest BCUT2D eigenvalue weighted by Crippen LogP contribution is -2.61. The third-order valence-electron chi connectivity index (χ3n) is 12.9. The van der Waals surface area contributed by atoms with Gasteiger partial charge in [-0.15, -0.1) is 0 Å². The van der Waals surface area contributed by atoms with Gasteiger partial charge < -0.3 is 14.4 Å². The van der Waals surface area contributed by atoms with Gasteiger partial charge in [0.1, 0.15) is 0 Å². The molecule has 0 saturated heterocycles. The Hall–Kier alpha value is -7.82. The molecule has 13 rings (SSSR count). The van der Waals surface area contributed by atoms with Crippen molar-refractivity contribution in [2.24, 2.45) is 0 Å². The third kappa shape index (κ3) is 4.73. The van der Waals surface area contributed by atoms with Crippen LogP contribution in [0.3, 0.4) is 0 Å². The van der Waals surface area contributed by atoms with Gasteiger partial charge in [0.05, 0.1) is 11.0 Å². The monoisotopic (exact) mass is 761 g/mol. The lowest BCUT2D eigenvalue weighted by atomic mass is 9.33. The smallest absolute Gasteiger partial charge is 0.252 e. The predicted octanol–water partition coefficient (Wildman–Crippen LogP) is 12.8. The Balaban J connectivity index is 1.17. The van der Waals surface area contributed by atoms with E-state index in [1.54, 1.807) is 0 Å². The molecule has 278 valence electrons. The summed E-state index contributed by atoms with van der Waals surface area (Å²) in [5.74, 6) is 0. The van der Waals surface area contributed by atoms with E-state index < -0.39 is 0 Å². The van der Waals surface area contributed by atoms with E-state index in [-0.39, 0.29) is 6.71 Å². The predicted molar refractivity (Wildman–Crippen MR) is 255 cm³/mol. The summed E-state index contributed by atoms with van der Waals surface area (Å²) in [6.45, 7) is 0.00881. The Morgan fingerprint density at radius 1 is 0.317 bits per heavy atom. The first-order chi connectivity index (χ1) is 29.8. The quantitative estimate of drug-likeness (QED) is 0.166. The molecule has 0 fully saturated rings. The number of rotatable bonds is 4. The summed E-state index contributed by atoms with van der Waals surface area (Å²) in [5.41, 5.74) is 17.1. The van der Waals surface area contributed by atoms with Gasteiger partial charge in [0.15, 0.2) is 0 Å². The van der Waals surface area contributed by atoms with Crippen LogP contribution in [0.15, 0.2) is 218 Å². The Morgan fingerprint density at radius 3 is 1.35 bits per heavy atom. The standard InChI is InChI=1S/C56H36BN3/c1-4-18-41(19-5-1)58-50-27-15-14-26-46(50)47-34-39(30-33-51(47)58)40-35-52-54-53(36-40)60(43-22-8-3-9-23-43)56-45-25-13-11-17-38(45)29-32-49(56)57(54)48-31-28-37-16-10-12-24-44(37)55(48)59(52)42-20-6-2-7-21-42/h1-36H. The minimum Gasteiger partial charge on any atom is -0.311 e. The van der Waals surface area contributed by atoms with Gasteiger partial charge in [0, 0.05) is 61.4 Å². The molecule has 2 aliphatic heterocycles. The van der Waals surface area contributed by atoms with Crippen LogP contribution < -0.4 is 26.2 Å². The lowest BCUT2D eigenvalue weighted by Gasteiger charge is -2.45. The van der Waals surface area contributed by atoms with Crippen LogP contribution in [0, 0.1) is 0 Å². The molecule has 60 heavy (non-hydrogen) atoms. The van der Waals surface area contributed by atoms with Gasteiger partial charge in [-0.05, 0) is 105 Å². The Bertz CT molecular complexity index is 3350. The zero-order valence-electron chi connectivity index (χ0n) is 32.7. The normalized spacial score (nSPS) is 12.9. The summed E-state index contributed by atoms with van der Waals surface area (Å²) in [4.78, 5) is 5.09. The van der Waals surface area contributed by atoms with Gasteiger partial charge in [-0.25, -0.2) is 0 Å². The van der Waals surface area contributed by atoms with E-state index in [1.807, 2.05) is 0 Å². The van der Waals surface area contributed by atoms with Gasteiger partial charge >= 0.3 is 0 Å². The second-order valence-corrected chi connectivity index (χ2v) is 16.1. The van der Waals surface area contributed by atoms with E-state index in [1.165, 1.54) is 93.6 Å². The average Bonchev–Trinajstić information content (AvgIpc) is 3.65. The first-order valence-electron chi connectivity index (χ1n) is 20.8. The summed E-state index contributed by atoms with van der Waals surface area (Å²) in [6.07, 6.45) is 0. The van der Waals surface area contributed by atoms with Gasteiger partial charge in [-0.2, -0.15) is 0 Å². The van der Waals surface area contributed by atoms with Gasteiger partial charge in [-0.1, -0.05) is 152 Å². The minimum atomic E-state index is 0.00881. The van der Waals surface area contributed by atoms with Crippen LogP contribution >= 0.6 is 0 Å². The van der Waals surface area contributed by atoms with Crippen LogP contribution in [0.5, 0.6) is 0 Å². The van der Waals surface area contributed by atoms with E-state index in [2.05, 4.69) is 233 Å². The van der Waals surface area contributed by atoms with Crippen molar-refractivity contribution in [3.05, 3.63) is 218 Å². The molecule has 2 aliphatic rings. The van der Waals surface area contributed by atoms with Crippen molar-refractivity contribution in [1.82, 2.24) is 4.57 Å². The maximum absolute atomic E-state index is 2.55. The fourth-order valence-corrected chi connectivity index (χ4v) is 10.4. The van der Waals surface area contributed by atoms with Gasteiger partial charge in [-0.3, -0.25) is 0 Å². The van der Waals surface area contributed by atoms with Crippen molar-refractivity contribution in [2.45, 2.75) is 0 Å².